The lowest BCUT2D eigenvalue weighted by molar-refractivity contribution is 0.231. The lowest BCUT2D eigenvalue weighted by Gasteiger charge is -2.11. The molecular formula is C14H23Cl2N3O. The summed E-state index contributed by atoms with van der Waals surface area (Å²) in [6, 6.07) is 0.199. The highest BCUT2D eigenvalue weighted by Crippen LogP contribution is 2.15. The molecule has 0 saturated heterocycles. The molecule has 0 aliphatic rings. The van der Waals surface area contributed by atoms with Crippen molar-refractivity contribution in [2.75, 3.05) is 6.61 Å². The maximum atomic E-state index is 5.68. The molecule has 0 spiro atoms. The number of hydrogen-bond acceptors (Lipinski definition) is 4. The highest BCUT2D eigenvalue weighted by atomic mass is 35.5. The van der Waals surface area contributed by atoms with Gasteiger partial charge < -0.3 is 4.74 Å². The van der Waals surface area contributed by atoms with E-state index in [1.54, 1.807) is 0 Å². The number of ether oxygens (including phenoxy) is 1. The summed E-state index contributed by atoms with van der Waals surface area (Å²) in [7, 11) is 0. The zero-order valence-electron chi connectivity index (χ0n) is 12.2. The van der Waals surface area contributed by atoms with Crippen LogP contribution >= 0.6 is 23.2 Å². The molecule has 1 atom stereocenters. The summed E-state index contributed by atoms with van der Waals surface area (Å²) in [5.74, 6) is 0.468. The summed E-state index contributed by atoms with van der Waals surface area (Å²) in [4.78, 5) is 11.4. The molecule has 0 bridgehead atoms. The molecule has 0 amide bonds. The topological polar surface area (TPSA) is 47.9 Å². The minimum absolute atomic E-state index is 0.0589. The summed E-state index contributed by atoms with van der Waals surface area (Å²) in [6.45, 7) is 4.97. The summed E-state index contributed by atoms with van der Waals surface area (Å²) in [5, 5.41) is 0.118. The number of halogens is 2. The molecular weight excluding hydrogens is 297 g/mol. The molecule has 0 aliphatic carbocycles. The first-order valence-corrected chi connectivity index (χ1v) is 8.07. The lowest BCUT2D eigenvalue weighted by Crippen LogP contribution is -2.10. The Kier molecular flexibility index (Phi) is 8.86. The molecule has 1 unspecified atom stereocenters. The summed E-state index contributed by atoms with van der Waals surface area (Å²) < 4.78 is 5.49. The fourth-order valence-electron chi connectivity index (χ4n) is 1.95. The van der Waals surface area contributed by atoms with E-state index in [1.807, 2.05) is 0 Å². The Morgan fingerprint density at radius 1 is 0.950 bits per heavy atom. The maximum absolute atomic E-state index is 5.68. The maximum Gasteiger partial charge on any atom is 0.322 e. The number of rotatable bonds is 10. The second-order valence-electron chi connectivity index (χ2n) is 5.13. The van der Waals surface area contributed by atoms with Gasteiger partial charge in [-0.3, -0.25) is 0 Å². The summed E-state index contributed by atoms with van der Waals surface area (Å²) in [5.41, 5.74) is 0. The number of unbranched alkanes of at least 4 members (excludes halogenated alkanes) is 5. The van der Waals surface area contributed by atoms with Crippen LogP contribution in [-0.2, 0) is 0 Å². The van der Waals surface area contributed by atoms with Crippen LogP contribution in [0.1, 0.15) is 58.8 Å². The summed E-state index contributed by atoms with van der Waals surface area (Å²) >= 11 is 11.4. The highest BCUT2D eigenvalue weighted by molar-refractivity contribution is 6.31. The molecule has 0 aliphatic heterocycles. The van der Waals surface area contributed by atoms with Gasteiger partial charge in [-0.15, -0.1) is 0 Å². The largest absolute Gasteiger partial charge is 0.463 e. The molecule has 20 heavy (non-hydrogen) atoms. The van der Waals surface area contributed by atoms with Crippen molar-refractivity contribution in [2.45, 2.75) is 58.8 Å². The van der Waals surface area contributed by atoms with Crippen LogP contribution in [0.4, 0.5) is 0 Å². The molecule has 114 valence electrons. The minimum Gasteiger partial charge on any atom is -0.463 e. The third-order valence-corrected chi connectivity index (χ3v) is 3.45. The van der Waals surface area contributed by atoms with E-state index in [1.165, 1.54) is 38.5 Å². The molecule has 0 N–H and O–H groups in total. The fourth-order valence-corrected chi connectivity index (χ4v) is 2.29. The van der Waals surface area contributed by atoms with Gasteiger partial charge >= 0.3 is 6.01 Å². The Hall–Kier alpha value is -0.610. The van der Waals surface area contributed by atoms with Gasteiger partial charge in [-0.25, -0.2) is 0 Å². The van der Waals surface area contributed by atoms with E-state index in [4.69, 9.17) is 27.9 Å². The van der Waals surface area contributed by atoms with Gasteiger partial charge in [-0.05, 0) is 35.5 Å². The molecule has 0 radical (unpaired) electrons. The first-order valence-electron chi connectivity index (χ1n) is 7.31. The van der Waals surface area contributed by atoms with Crippen LogP contribution in [-0.4, -0.2) is 21.6 Å². The molecule has 0 fully saturated rings. The SMILES string of the molecule is CCCCCCCCC(C)COc1nc(Cl)nc(Cl)n1. The van der Waals surface area contributed by atoms with Crippen molar-refractivity contribution in [2.24, 2.45) is 5.92 Å². The molecule has 0 aromatic carbocycles. The number of nitrogens with zero attached hydrogens (tertiary/aromatic N) is 3. The van der Waals surface area contributed by atoms with Gasteiger partial charge in [0.25, 0.3) is 0 Å². The molecule has 1 aromatic rings. The Labute approximate surface area is 131 Å². The zero-order chi connectivity index (χ0) is 14.8. The van der Waals surface area contributed by atoms with Gasteiger partial charge in [0, 0.05) is 0 Å². The van der Waals surface area contributed by atoms with Crippen LogP contribution in [0.5, 0.6) is 6.01 Å². The lowest BCUT2D eigenvalue weighted by atomic mass is 10.0. The van der Waals surface area contributed by atoms with Crippen molar-refractivity contribution >= 4 is 23.2 Å². The van der Waals surface area contributed by atoms with Crippen LogP contribution in [0.15, 0.2) is 0 Å². The average Bonchev–Trinajstić information content (AvgIpc) is 2.39. The van der Waals surface area contributed by atoms with E-state index in [2.05, 4.69) is 28.8 Å². The van der Waals surface area contributed by atoms with Crippen LogP contribution in [0.3, 0.4) is 0 Å². The first-order chi connectivity index (χ1) is 9.61. The van der Waals surface area contributed by atoms with Crippen molar-refractivity contribution in [3.8, 4) is 6.01 Å². The molecule has 1 aromatic heterocycles. The second kappa shape index (κ2) is 10.2. The standard InChI is InChI=1S/C14H23Cl2N3O/c1-3-4-5-6-7-8-9-11(2)10-20-14-18-12(15)17-13(16)19-14/h11H,3-10H2,1-2H3. The van der Waals surface area contributed by atoms with E-state index in [9.17, 15) is 0 Å². The Balaban J connectivity index is 2.14. The van der Waals surface area contributed by atoms with Crippen molar-refractivity contribution < 1.29 is 4.74 Å². The zero-order valence-corrected chi connectivity index (χ0v) is 13.8. The predicted octanol–water partition coefficient (Wildman–Crippen LogP) is 4.94. The van der Waals surface area contributed by atoms with Crippen LogP contribution in [0.25, 0.3) is 0 Å². The van der Waals surface area contributed by atoms with Crippen molar-refractivity contribution in [1.82, 2.24) is 15.0 Å². The molecule has 0 saturated carbocycles. The van der Waals surface area contributed by atoms with E-state index in [-0.39, 0.29) is 16.6 Å². The van der Waals surface area contributed by atoms with E-state index < -0.39 is 0 Å². The van der Waals surface area contributed by atoms with Crippen LogP contribution in [0, 0.1) is 5.92 Å². The van der Waals surface area contributed by atoms with Crippen molar-refractivity contribution in [3.63, 3.8) is 0 Å². The van der Waals surface area contributed by atoms with Crippen molar-refractivity contribution in [3.05, 3.63) is 10.6 Å². The minimum atomic E-state index is 0.0589. The monoisotopic (exact) mass is 319 g/mol. The average molecular weight is 320 g/mol. The van der Waals surface area contributed by atoms with Gasteiger partial charge in [-0.1, -0.05) is 52.4 Å². The Morgan fingerprint density at radius 2 is 1.55 bits per heavy atom. The van der Waals surface area contributed by atoms with E-state index >= 15 is 0 Å². The van der Waals surface area contributed by atoms with Crippen LogP contribution < -0.4 is 4.74 Å². The van der Waals surface area contributed by atoms with Gasteiger partial charge in [0.1, 0.15) is 0 Å². The van der Waals surface area contributed by atoms with E-state index in [0.717, 1.165) is 6.42 Å². The van der Waals surface area contributed by atoms with Crippen LogP contribution in [0.2, 0.25) is 10.6 Å². The summed E-state index contributed by atoms with van der Waals surface area (Å²) in [6.07, 6.45) is 9.02. The predicted molar refractivity (Wildman–Crippen MR) is 82.5 cm³/mol. The third kappa shape index (κ3) is 7.85. The Bertz CT molecular complexity index is 370. The highest BCUT2D eigenvalue weighted by Gasteiger charge is 2.07. The molecule has 1 heterocycles. The van der Waals surface area contributed by atoms with Gasteiger partial charge in [0.2, 0.25) is 10.6 Å². The second-order valence-corrected chi connectivity index (χ2v) is 5.80. The number of aromatic nitrogens is 3. The van der Waals surface area contributed by atoms with E-state index in [0.29, 0.717) is 12.5 Å². The van der Waals surface area contributed by atoms with Gasteiger partial charge in [0.05, 0.1) is 6.61 Å². The molecule has 4 nitrogen and oxygen atoms in total. The third-order valence-electron chi connectivity index (χ3n) is 3.11. The quantitative estimate of drug-likeness (QED) is 0.573. The normalized spacial score (nSPS) is 12.4. The Morgan fingerprint density at radius 3 is 2.20 bits per heavy atom. The van der Waals surface area contributed by atoms with Gasteiger partial charge in [-0.2, -0.15) is 15.0 Å². The number of hydrogen-bond donors (Lipinski definition) is 0. The smallest absolute Gasteiger partial charge is 0.322 e. The fraction of sp³-hybridized carbons (Fsp3) is 0.786. The molecule has 1 rings (SSSR count). The molecule has 6 heteroatoms. The first kappa shape index (κ1) is 17.4. The van der Waals surface area contributed by atoms with Crippen molar-refractivity contribution in [1.29, 1.82) is 0 Å². The van der Waals surface area contributed by atoms with Gasteiger partial charge in [0.15, 0.2) is 0 Å².